The molecule has 9 heteroatoms. The van der Waals surface area contributed by atoms with Crippen LogP contribution in [0.25, 0.3) is 5.65 Å². The van der Waals surface area contributed by atoms with Crippen molar-refractivity contribution in [2.45, 2.75) is 24.8 Å². The Morgan fingerprint density at radius 2 is 1.89 bits per heavy atom. The summed E-state index contributed by atoms with van der Waals surface area (Å²) in [5.41, 5.74) is 3.53. The van der Waals surface area contributed by atoms with Gasteiger partial charge in [0.25, 0.3) is 0 Å². The van der Waals surface area contributed by atoms with Gasteiger partial charge in [-0.1, -0.05) is 0 Å². The zero-order valence-electron chi connectivity index (χ0n) is 15.3. The zero-order valence-corrected chi connectivity index (χ0v) is 16.2. The van der Waals surface area contributed by atoms with Gasteiger partial charge in [0.15, 0.2) is 17.1 Å². The highest BCUT2D eigenvalue weighted by Gasteiger charge is 2.30. The highest BCUT2D eigenvalue weighted by atomic mass is 32.2. The van der Waals surface area contributed by atoms with Crippen LogP contribution in [0.2, 0.25) is 0 Å². The number of aryl methyl sites for hydroxylation is 1. The van der Waals surface area contributed by atoms with Crippen LogP contribution in [0.4, 0.5) is 0 Å². The van der Waals surface area contributed by atoms with E-state index in [9.17, 15) is 8.42 Å². The number of rotatable bonds is 4. The molecule has 0 amide bonds. The van der Waals surface area contributed by atoms with Gasteiger partial charge < -0.3 is 9.47 Å². The molecule has 1 aromatic carbocycles. The maximum atomic E-state index is 13.1. The monoisotopic (exact) mass is 388 g/mol. The van der Waals surface area contributed by atoms with Gasteiger partial charge in [-0.2, -0.15) is 9.40 Å². The van der Waals surface area contributed by atoms with E-state index in [0.29, 0.717) is 24.5 Å². The van der Waals surface area contributed by atoms with Gasteiger partial charge >= 0.3 is 0 Å². The Morgan fingerprint density at radius 1 is 1.11 bits per heavy atom. The van der Waals surface area contributed by atoms with Crippen LogP contribution in [-0.2, 0) is 23.0 Å². The first kappa shape index (κ1) is 17.7. The summed E-state index contributed by atoms with van der Waals surface area (Å²) in [5, 5.41) is 4.47. The Bertz CT molecular complexity index is 1120. The number of methoxy groups -OCH3 is 2. The highest BCUT2D eigenvalue weighted by Crippen LogP contribution is 2.32. The molecule has 0 saturated heterocycles. The van der Waals surface area contributed by atoms with Gasteiger partial charge in [-0.15, -0.1) is 0 Å². The van der Waals surface area contributed by atoms with Gasteiger partial charge in [0.1, 0.15) is 0 Å². The molecule has 142 valence electrons. The topological polar surface area (TPSA) is 86.0 Å². The van der Waals surface area contributed by atoms with Crippen molar-refractivity contribution in [2.24, 2.45) is 0 Å². The number of sulfonamides is 1. The molecular formula is C18H20N4O4S. The average Bonchev–Trinajstić information content (AvgIpc) is 3.07. The minimum absolute atomic E-state index is 0.174. The summed E-state index contributed by atoms with van der Waals surface area (Å²) in [7, 11) is -0.677. The van der Waals surface area contributed by atoms with E-state index in [1.54, 1.807) is 12.3 Å². The number of nitrogens with zero attached hydrogens (tertiary/aromatic N) is 4. The fourth-order valence-electron chi connectivity index (χ4n) is 3.36. The van der Waals surface area contributed by atoms with Crippen molar-refractivity contribution in [2.75, 3.05) is 20.8 Å². The molecule has 2 aromatic heterocycles. The molecule has 1 aliphatic rings. The summed E-state index contributed by atoms with van der Waals surface area (Å²) in [6.45, 7) is 2.55. The molecule has 3 aromatic rings. The molecule has 0 bridgehead atoms. The van der Waals surface area contributed by atoms with Gasteiger partial charge in [0.05, 0.1) is 30.5 Å². The minimum Gasteiger partial charge on any atom is -0.493 e. The smallest absolute Gasteiger partial charge is 0.243 e. The molecule has 1 aliphatic heterocycles. The van der Waals surface area contributed by atoms with Crippen LogP contribution in [0.5, 0.6) is 11.5 Å². The van der Waals surface area contributed by atoms with Gasteiger partial charge in [0.2, 0.25) is 10.0 Å². The van der Waals surface area contributed by atoms with Crippen molar-refractivity contribution in [1.29, 1.82) is 0 Å². The summed E-state index contributed by atoms with van der Waals surface area (Å²) in [6.07, 6.45) is 2.31. The molecule has 0 spiro atoms. The maximum Gasteiger partial charge on any atom is 0.243 e. The molecule has 0 N–H and O–H groups in total. The van der Waals surface area contributed by atoms with E-state index in [4.69, 9.17) is 9.47 Å². The van der Waals surface area contributed by atoms with Gasteiger partial charge in [-0.05, 0) is 19.1 Å². The molecule has 0 atom stereocenters. The predicted octanol–water partition coefficient (Wildman–Crippen LogP) is 1.80. The van der Waals surface area contributed by atoms with Gasteiger partial charge in [-0.3, -0.25) is 0 Å². The van der Waals surface area contributed by atoms with Crippen LogP contribution in [0.15, 0.2) is 35.4 Å². The largest absolute Gasteiger partial charge is 0.493 e. The minimum atomic E-state index is -3.67. The number of hydrogen-bond donors (Lipinski definition) is 0. The molecule has 0 fully saturated rings. The number of hydrogen-bond acceptors (Lipinski definition) is 6. The normalized spacial score (nSPS) is 14.9. The number of benzene rings is 1. The van der Waals surface area contributed by atoms with Crippen molar-refractivity contribution in [1.82, 2.24) is 18.9 Å². The summed E-state index contributed by atoms with van der Waals surface area (Å²) in [5.74, 6) is 0.868. The van der Waals surface area contributed by atoms with Crippen LogP contribution in [0.3, 0.4) is 0 Å². The lowest BCUT2D eigenvalue weighted by Crippen LogP contribution is -2.37. The Morgan fingerprint density at radius 3 is 2.63 bits per heavy atom. The molecule has 0 radical (unpaired) electrons. The molecule has 0 saturated carbocycles. The van der Waals surface area contributed by atoms with Crippen LogP contribution in [-0.4, -0.2) is 48.1 Å². The Hall–Kier alpha value is -2.65. The summed E-state index contributed by atoms with van der Waals surface area (Å²) in [6, 6.07) is 6.53. The van der Waals surface area contributed by atoms with E-state index in [1.165, 1.54) is 30.7 Å². The summed E-state index contributed by atoms with van der Waals surface area (Å²) < 4.78 is 39.9. The lowest BCUT2D eigenvalue weighted by atomic mass is 10.1. The third-order valence-corrected chi connectivity index (χ3v) is 6.57. The van der Waals surface area contributed by atoms with E-state index in [1.807, 2.05) is 17.5 Å². The van der Waals surface area contributed by atoms with E-state index in [2.05, 4.69) is 10.1 Å². The van der Waals surface area contributed by atoms with E-state index < -0.39 is 10.0 Å². The molecule has 0 unspecified atom stereocenters. The van der Waals surface area contributed by atoms with Crippen molar-refractivity contribution in [3.63, 3.8) is 0 Å². The Balaban J connectivity index is 1.69. The molecular weight excluding hydrogens is 368 g/mol. The first-order valence-corrected chi connectivity index (χ1v) is 9.93. The Kier molecular flexibility index (Phi) is 4.27. The fraction of sp³-hybridized carbons (Fsp3) is 0.333. The Labute approximate surface area is 157 Å². The first-order valence-electron chi connectivity index (χ1n) is 8.49. The average molecular weight is 388 g/mol. The maximum absolute atomic E-state index is 13.1. The molecule has 8 nitrogen and oxygen atoms in total. The third-order valence-electron chi connectivity index (χ3n) is 4.73. The van der Waals surface area contributed by atoms with Crippen LogP contribution in [0, 0.1) is 6.92 Å². The molecule has 27 heavy (non-hydrogen) atoms. The number of fused-ring (bicyclic) bond motifs is 3. The van der Waals surface area contributed by atoms with Crippen molar-refractivity contribution in [3.05, 3.63) is 47.4 Å². The quantitative estimate of drug-likeness (QED) is 0.677. The third kappa shape index (κ3) is 2.92. The van der Waals surface area contributed by atoms with E-state index in [0.717, 1.165) is 22.6 Å². The zero-order chi connectivity index (χ0) is 19.2. The number of ether oxygens (including phenoxy) is 2. The lowest BCUT2D eigenvalue weighted by Gasteiger charge is -2.28. The van der Waals surface area contributed by atoms with Crippen LogP contribution >= 0.6 is 0 Å². The first-order chi connectivity index (χ1) is 12.9. The fourth-order valence-corrected chi connectivity index (χ4v) is 4.80. The molecule has 3 heterocycles. The standard InChI is InChI=1S/C18H20N4O4S/c1-12-8-18-19-10-13-11-21(7-6-15(13)22(18)20-12)27(23,24)14-4-5-16(25-2)17(9-14)26-3/h4-5,8-10H,6-7,11H2,1-3H3. The SMILES string of the molecule is COc1ccc(S(=O)(=O)N2CCc3c(cnc4cc(C)nn34)C2)cc1OC. The van der Waals surface area contributed by atoms with E-state index in [-0.39, 0.29) is 11.4 Å². The van der Waals surface area contributed by atoms with Crippen molar-refractivity contribution >= 4 is 15.7 Å². The highest BCUT2D eigenvalue weighted by molar-refractivity contribution is 7.89. The summed E-state index contributed by atoms with van der Waals surface area (Å²) in [4.78, 5) is 4.57. The van der Waals surface area contributed by atoms with Crippen molar-refractivity contribution in [3.8, 4) is 11.5 Å². The predicted molar refractivity (Wildman–Crippen MR) is 98.6 cm³/mol. The van der Waals surface area contributed by atoms with Crippen LogP contribution < -0.4 is 9.47 Å². The lowest BCUT2D eigenvalue weighted by molar-refractivity contribution is 0.353. The van der Waals surface area contributed by atoms with E-state index >= 15 is 0 Å². The van der Waals surface area contributed by atoms with Crippen molar-refractivity contribution < 1.29 is 17.9 Å². The number of aromatic nitrogens is 3. The second kappa shape index (κ2) is 6.50. The second-order valence-electron chi connectivity index (χ2n) is 6.39. The summed E-state index contributed by atoms with van der Waals surface area (Å²) >= 11 is 0. The van der Waals surface area contributed by atoms with Gasteiger partial charge in [0, 0.05) is 43.4 Å². The second-order valence-corrected chi connectivity index (χ2v) is 8.33. The van der Waals surface area contributed by atoms with Gasteiger partial charge in [-0.25, -0.2) is 17.9 Å². The molecule has 0 aliphatic carbocycles. The molecule has 4 rings (SSSR count). The van der Waals surface area contributed by atoms with Crippen LogP contribution in [0.1, 0.15) is 17.0 Å².